The lowest BCUT2D eigenvalue weighted by molar-refractivity contribution is 0.538. The van der Waals surface area contributed by atoms with Gasteiger partial charge in [-0.25, -0.2) is 0 Å². The summed E-state index contributed by atoms with van der Waals surface area (Å²) in [7, 11) is 0. The summed E-state index contributed by atoms with van der Waals surface area (Å²) in [5, 5.41) is 0.825. The maximum absolute atomic E-state index is 5.93. The van der Waals surface area contributed by atoms with Crippen molar-refractivity contribution in [2.24, 2.45) is 5.92 Å². The zero-order chi connectivity index (χ0) is 10.6. The van der Waals surface area contributed by atoms with E-state index in [4.69, 9.17) is 11.6 Å². The van der Waals surface area contributed by atoms with E-state index < -0.39 is 0 Å². The standard InChI is InChI=1S/C12H16BrCl/c1-3-9(2)12(13)8-10-5-4-6-11(14)7-10/h4-7,9,12H,3,8H2,1-2H3. The Labute approximate surface area is 99.8 Å². The van der Waals surface area contributed by atoms with Crippen LogP contribution in [-0.2, 0) is 6.42 Å². The molecule has 0 fully saturated rings. The normalized spacial score (nSPS) is 15.1. The highest BCUT2D eigenvalue weighted by Crippen LogP contribution is 2.22. The number of alkyl halides is 1. The van der Waals surface area contributed by atoms with Crippen LogP contribution in [0.25, 0.3) is 0 Å². The molecular formula is C12H16BrCl. The zero-order valence-electron chi connectivity index (χ0n) is 8.63. The molecule has 0 spiro atoms. The molecule has 0 saturated heterocycles. The number of hydrogen-bond donors (Lipinski definition) is 0. The van der Waals surface area contributed by atoms with Gasteiger partial charge in [0.25, 0.3) is 0 Å². The van der Waals surface area contributed by atoms with E-state index >= 15 is 0 Å². The molecule has 78 valence electrons. The van der Waals surface area contributed by atoms with Crippen molar-refractivity contribution in [1.82, 2.24) is 0 Å². The van der Waals surface area contributed by atoms with Gasteiger partial charge in [-0.2, -0.15) is 0 Å². The molecule has 0 saturated carbocycles. The topological polar surface area (TPSA) is 0 Å². The molecule has 0 nitrogen and oxygen atoms in total. The fourth-order valence-corrected chi connectivity index (χ4v) is 2.31. The molecule has 0 aliphatic heterocycles. The fraction of sp³-hybridized carbons (Fsp3) is 0.500. The van der Waals surface area contributed by atoms with E-state index in [-0.39, 0.29) is 0 Å². The number of halogens is 2. The molecular weight excluding hydrogens is 259 g/mol. The van der Waals surface area contributed by atoms with E-state index in [1.807, 2.05) is 18.2 Å². The molecule has 0 aliphatic carbocycles. The Morgan fingerprint density at radius 1 is 1.43 bits per heavy atom. The van der Waals surface area contributed by atoms with Crippen LogP contribution in [0, 0.1) is 5.92 Å². The minimum absolute atomic E-state index is 0.547. The molecule has 0 heterocycles. The van der Waals surface area contributed by atoms with Crippen molar-refractivity contribution >= 4 is 27.5 Å². The molecule has 1 aromatic carbocycles. The second-order valence-corrected chi connectivity index (χ2v) is 5.35. The van der Waals surface area contributed by atoms with Gasteiger partial charge in [0.2, 0.25) is 0 Å². The highest BCUT2D eigenvalue weighted by molar-refractivity contribution is 9.09. The van der Waals surface area contributed by atoms with Crippen molar-refractivity contribution in [2.45, 2.75) is 31.5 Å². The molecule has 2 atom stereocenters. The number of hydrogen-bond acceptors (Lipinski definition) is 0. The summed E-state index contributed by atoms with van der Waals surface area (Å²) in [5.41, 5.74) is 1.31. The SMILES string of the molecule is CCC(C)C(Br)Cc1cccc(Cl)c1. The lowest BCUT2D eigenvalue weighted by Crippen LogP contribution is -2.12. The maximum atomic E-state index is 5.93. The Bertz CT molecular complexity index is 285. The second-order valence-electron chi connectivity index (χ2n) is 3.74. The molecule has 0 bridgehead atoms. The van der Waals surface area contributed by atoms with Gasteiger partial charge in [-0.1, -0.05) is 59.9 Å². The summed E-state index contributed by atoms with van der Waals surface area (Å²) in [6.45, 7) is 4.49. The summed E-state index contributed by atoms with van der Waals surface area (Å²) in [5.74, 6) is 0.703. The van der Waals surface area contributed by atoms with Crippen molar-refractivity contribution < 1.29 is 0 Å². The average Bonchev–Trinajstić information content (AvgIpc) is 2.16. The van der Waals surface area contributed by atoms with Gasteiger partial charge in [-0.05, 0) is 30.0 Å². The zero-order valence-corrected chi connectivity index (χ0v) is 11.0. The highest BCUT2D eigenvalue weighted by atomic mass is 79.9. The highest BCUT2D eigenvalue weighted by Gasteiger charge is 2.12. The molecule has 0 aliphatic rings. The average molecular weight is 276 g/mol. The third kappa shape index (κ3) is 3.62. The molecule has 2 unspecified atom stereocenters. The summed E-state index contributed by atoms with van der Waals surface area (Å²) >= 11 is 9.65. The second kappa shape index (κ2) is 5.77. The Morgan fingerprint density at radius 2 is 2.14 bits per heavy atom. The molecule has 0 amide bonds. The Morgan fingerprint density at radius 3 is 2.71 bits per heavy atom. The van der Waals surface area contributed by atoms with Crippen molar-refractivity contribution in [3.05, 3.63) is 34.9 Å². The van der Waals surface area contributed by atoms with Gasteiger partial charge in [0.1, 0.15) is 0 Å². The first-order valence-corrected chi connectivity index (χ1v) is 6.31. The van der Waals surface area contributed by atoms with E-state index in [2.05, 4.69) is 35.8 Å². The molecule has 2 heteroatoms. The monoisotopic (exact) mass is 274 g/mol. The first kappa shape index (κ1) is 12.1. The first-order chi connectivity index (χ1) is 6.63. The van der Waals surface area contributed by atoms with Crippen LogP contribution in [0.4, 0.5) is 0 Å². The van der Waals surface area contributed by atoms with Gasteiger partial charge in [0.15, 0.2) is 0 Å². The molecule has 1 rings (SSSR count). The quantitative estimate of drug-likeness (QED) is 0.699. The predicted molar refractivity (Wildman–Crippen MR) is 67.3 cm³/mol. The van der Waals surface area contributed by atoms with Gasteiger partial charge >= 0.3 is 0 Å². The summed E-state index contributed by atoms with van der Waals surface area (Å²) < 4.78 is 0. The summed E-state index contributed by atoms with van der Waals surface area (Å²) in [6.07, 6.45) is 2.26. The van der Waals surface area contributed by atoms with Gasteiger partial charge in [0.05, 0.1) is 0 Å². The van der Waals surface area contributed by atoms with Gasteiger partial charge in [-0.3, -0.25) is 0 Å². The van der Waals surface area contributed by atoms with Crippen molar-refractivity contribution in [1.29, 1.82) is 0 Å². The lowest BCUT2D eigenvalue weighted by atomic mass is 9.99. The van der Waals surface area contributed by atoms with Crippen LogP contribution in [0.2, 0.25) is 5.02 Å². The van der Waals surface area contributed by atoms with Gasteiger partial charge < -0.3 is 0 Å². The Kier molecular flexibility index (Phi) is 4.97. The van der Waals surface area contributed by atoms with Crippen LogP contribution in [0.15, 0.2) is 24.3 Å². The van der Waals surface area contributed by atoms with Crippen LogP contribution in [0.3, 0.4) is 0 Å². The van der Waals surface area contributed by atoms with Gasteiger partial charge in [-0.15, -0.1) is 0 Å². The minimum atomic E-state index is 0.547. The van der Waals surface area contributed by atoms with Crippen LogP contribution < -0.4 is 0 Å². The van der Waals surface area contributed by atoms with Gasteiger partial charge in [0, 0.05) is 9.85 Å². The smallest absolute Gasteiger partial charge is 0.0408 e. The van der Waals surface area contributed by atoms with Crippen molar-refractivity contribution in [3.8, 4) is 0 Å². The van der Waals surface area contributed by atoms with Crippen LogP contribution >= 0.6 is 27.5 Å². The number of rotatable bonds is 4. The molecule has 14 heavy (non-hydrogen) atoms. The first-order valence-electron chi connectivity index (χ1n) is 5.02. The Balaban J connectivity index is 2.60. The third-order valence-electron chi connectivity index (χ3n) is 2.58. The number of benzene rings is 1. The third-order valence-corrected chi connectivity index (χ3v) is 4.04. The molecule has 1 aromatic rings. The molecule has 0 radical (unpaired) electrons. The predicted octanol–water partition coefficient (Wildman–Crippen LogP) is 4.69. The maximum Gasteiger partial charge on any atom is 0.0408 e. The fourth-order valence-electron chi connectivity index (χ4n) is 1.35. The molecule has 0 N–H and O–H groups in total. The van der Waals surface area contributed by atoms with E-state index in [1.165, 1.54) is 12.0 Å². The van der Waals surface area contributed by atoms with Crippen LogP contribution in [0.5, 0.6) is 0 Å². The Hall–Kier alpha value is -0.0100. The van der Waals surface area contributed by atoms with E-state index in [0.717, 1.165) is 11.4 Å². The molecule has 0 aromatic heterocycles. The lowest BCUT2D eigenvalue weighted by Gasteiger charge is -2.16. The van der Waals surface area contributed by atoms with E-state index in [9.17, 15) is 0 Å². The van der Waals surface area contributed by atoms with Crippen molar-refractivity contribution in [2.75, 3.05) is 0 Å². The van der Waals surface area contributed by atoms with E-state index in [0.29, 0.717) is 10.7 Å². The van der Waals surface area contributed by atoms with Crippen LogP contribution in [0.1, 0.15) is 25.8 Å². The largest absolute Gasteiger partial charge is 0.0884 e. The van der Waals surface area contributed by atoms with Crippen molar-refractivity contribution in [3.63, 3.8) is 0 Å². The minimum Gasteiger partial charge on any atom is -0.0884 e. The van der Waals surface area contributed by atoms with E-state index in [1.54, 1.807) is 0 Å². The summed E-state index contributed by atoms with van der Waals surface area (Å²) in [6, 6.07) is 8.09. The van der Waals surface area contributed by atoms with Crippen LogP contribution in [-0.4, -0.2) is 4.83 Å². The summed E-state index contributed by atoms with van der Waals surface area (Å²) in [4.78, 5) is 0.547.